The highest BCUT2D eigenvalue weighted by molar-refractivity contribution is 7.24. The largest absolute Gasteiger partial charge is 0.478 e. The van der Waals surface area contributed by atoms with Crippen molar-refractivity contribution in [2.45, 2.75) is 34.6 Å². The molecule has 9 heteroatoms. The average molecular weight is 556 g/mol. The molecule has 0 spiro atoms. The molecule has 0 bridgehead atoms. The topological polar surface area (TPSA) is 113 Å². The van der Waals surface area contributed by atoms with Gasteiger partial charge in [0.25, 0.3) is 0 Å². The highest BCUT2D eigenvalue weighted by Gasteiger charge is 2.20. The molecule has 5 rings (SSSR count). The summed E-state index contributed by atoms with van der Waals surface area (Å²) in [5, 5.41) is 19.1. The van der Waals surface area contributed by atoms with E-state index in [1.54, 1.807) is 17.5 Å². The number of hydrogen-bond donors (Lipinski definition) is 2. The van der Waals surface area contributed by atoms with Crippen molar-refractivity contribution in [1.29, 1.82) is 0 Å². The molecule has 5 heterocycles. The number of pyridine rings is 3. The van der Waals surface area contributed by atoms with E-state index < -0.39 is 11.9 Å². The fourth-order valence-corrected chi connectivity index (χ4v) is 7.10. The van der Waals surface area contributed by atoms with Gasteiger partial charge in [0.2, 0.25) is 0 Å². The summed E-state index contributed by atoms with van der Waals surface area (Å²) in [5.74, 6) is -2.23. The number of carbonyl (C=O) groups is 2. The van der Waals surface area contributed by atoms with Gasteiger partial charge in [-0.1, -0.05) is 0 Å². The van der Waals surface area contributed by atoms with Crippen LogP contribution in [0.15, 0.2) is 48.8 Å². The Morgan fingerprint density at radius 2 is 1.13 bits per heavy atom. The fourth-order valence-electron chi connectivity index (χ4n) is 4.38. The molecule has 0 radical (unpaired) electrons. The fraction of sp³-hybridized carbons (Fsp3) is 0.167. The Bertz CT molecular complexity index is 1790. The van der Waals surface area contributed by atoms with Gasteiger partial charge in [0.15, 0.2) is 0 Å². The van der Waals surface area contributed by atoms with E-state index in [4.69, 9.17) is 0 Å². The van der Waals surface area contributed by atoms with Gasteiger partial charge in [-0.25, -0.2) is 14.6 Å². The van der Waals surface area contributed by atoms with E-state index in [1.165, 1.54) is 67.3 Å². The van der Waals surface area contributed by atoms with Crippen LogP contribution in [0.1, 0.15) is 47.8 Å². The van der Waals surface area contributed by atoms with Crippen molar-refractivity contribution in [1.82, 2.24) is 15.0 Å². The summed E-state index contributed by atoms with van der Waals surface area (Å²) in [6, 6.07) is 9.47. The zero-order valence-electron chi connectivity index (χ0n) is 22.0. The van der Waals surface area contributed by atoms with Crippen molar-refractivity contribution in [3.05, 3.63) is 87.0 Å². The second kappa shape index (κ2) is 10.2. The molecule has 5 aromatic heterocycles. The van der Waals surface area contributed by atoms with Gasteiger partial charge in [-0.05, 0) is 98.8 Å². The first kappa shape index (κ1) is 26.4. The summed E-state index contributed by atoms with van der Waals surface area (Å²) in [5.41, 5.74) is 7.49. The van der Waals surface area contributed by atoms with Crippen LogP contribution < -0.4 is 0 Å². The molecule has 39 heavy (non-hydrogen) atoms. The van der Waals surface area contributed by atoms with Gasteiger partial charge < -0.3 is 10.2 Å². The summed E-state index contributed by atoms with van der Waals surface area (Å²) >= 11 is 3.57. The molecular formula is C30H25N3O4S2. The van der Waals surface area contributed by atoms with Crippen LogP contribution in [-0.2, 0) is 0 Å². The summed E-state index contributed by atoms with van der Waals surface area (Å²) in [6.45, 7) is 10.8. The standard InChI is InChI=1S/C30H25N3O4S2/c1-14-15(2)27(38-18(14)5)28-17(4)16(3)26(39-28)19-6-8-31-22(10-19)24-12-21(30(36)37)13-25(33-24)23-11-20(29(34)35)7-9-32-23/h6-13H,1-5H3,(H,34,35)(H,36,37). The van der Waals surface area contributed by atoms with Crippen LogP contribution >= 0.6 is 22.7 Å². The minimum absolute atomic E-state index is 0.00840. The molecule has 5 aromatic rings. The predicted molar refractivity (Wildman–Crippen MR) is 155 cm³/mol. The van der Waals surface area contributed by atoms with E-state index in [0.717, 1.165) is 10.4 Å². The summed E-state index contributed by atoms with van der Waals surface area (Å²) in [4.78, 5) is 41.8. The molecule has 0 aliphatic heterocycles. The first-order valence-electron chi connectivity index (χ1n) is 12.1. The van der Waals surface area contributed by atoms with E-state index in [-0.39, 0.29) is 22.5 Å². The second-order valence-corrected chi connectivity index (χ2v) is 11.6. The van der Waals surface area contributed by atoms with E-state index in [9.17, 15) is 19.8 Å². The van der Waals surface area contributed by atoms with Crippen molar-refractivity contribution in [2.75, 3.05) is 0 Å². The highest BCUT2D eigenvalue weighted by Crippen LogP contribution is 2.46. The summed E-state index contributed by atoms with van der Waals surface area (Å²) in [6.07, 6.45) is 3.06. The number of carboxylic acids is 2. The molecule has 2 N–H and O–H groups in total. The van der Waals surface area contributed by atoms with Crippen LogP contribution in [-0.4, -0.2) is 37.1 Å². The van der Waals surface area contributed by atoms with Gasteiger partial charge in [-0.3, -0.25) is 9.97 Å². The minimum atomic E-state index is -1.13. The number of aromatic carboxylic acids is 2. The SMILES string of the molecule is Cc1sc(-c2sc(-c3ccnc(-c4cc(C(=O)O)cc(-c5cc(C(=O)O)ccn5)n4)c3)c(C)c2C)c(C)c1C. The normalized spacial score (nSPS) is 11.1. The van der Waals surface area contributed by atoms with Crippen molar-refractivity contribution in [3.8, 4) is 43.0 Å². The number of rotatable bonds is 6. The van der Waals surface area contributed by atoms with Crippen LogP contribution in [0, 0.1) is 34.6 Å². The Labute approximate surface area is 233 Å². The Kier molecular flexibility index (Phi) is 6.88. The average Bonchev–Trinajstić information content (AvgIpc) is 3.37. The lowest BCUT2D eigenvalue weighted by Crippen LogP contribution is -2.02. The smallest absolute Gasteiger partial charge is 0.335 e. The maximum absolute atomic E-state index is 11.9. The molecule has 0 atom stereocenters. The zero-order chi connectivity index (χ0) is 28.0. The van der Waals surface area contributed by atoms with E-state index >= 15 is 0 Å². The van der Waals surface area contributed by atoms with Gasteiger partial charge >= 0.3 is 11.9 Å². The number of hydrogen-bond acceptors (Lipinski definition) is 7. The number of carboxylic acid groups (broad SMARTS) is 2. The van der Waals surface area contributed by atoms with Crippen molar-refractivity contribution < 1.29 is 19.8 Å². The van der Waals surface area contributed by atoms with Crippen LogP contribution in [0.3, 0.4) is 0 Å². The van der Waals surface area contributed by atoms with Gasteiger partial charge in [0.05, 0.1) is 33.9 Å². The van der Waals surface area contributed by atoms with Gasteiger partial charge in [0, 0.05) is 31.9 Å². The Balaban J connectivity index is 1.62. The van der Waals surface area contributed by atoms with Gasteiger partial charge in [-0.15, -0.1) is 22.7 Å². The number of aromatic nitrogens is 3. The molecule has 0 aliphatic rings. The first-order chi connectivity index (χ1) is 18.5. The van der Waals surface area contributed by atoms with E-state index in [2.05, 4.69) is 49.6 Å². The molecule has 0 saturated carbocycles. The highest BCUT2D eigenvalue weighted by atomic mass is 32.1. The maximum atomic E-state index is 11.9. The molecule has 196 valence electrons. The predicted octanol–water partition coefficient (Wildman–Crippen LogP) is 7.60. The number of nitrogens with zero attached hydrogens (tertiary/aromatic N) is 3. The van der Waals surface area contributed by atoms with Crippen molar-refractivity contribution in [3.63, 3.8) is 0 Å². The van der Waals surface area contributed by atoms with Crippen molar-refractivity contribution >= 4 is 34.6 Å². The Morgan fingerprint density at radius 1 is 0.615 bits per heavy atom. The summed E-state index contributed by atoms with van der Waals surface area (Å²) in [7, 11) is 0. The van der Waals surface area contributed by atoms with Gasteiger partial charge in [-0.2, -0.15) is 0 Å². The molecule has 0 fully saturated rings. The number of thiophene rings is 2. The lowest BCUT2D eigenvalue weighted by atomic mass is 10.0. The first-order valence-corrected chi connectivity index (χ1v) is 13.8. The monoisotopic (exact) mass is 555 g/mol. The molecule has 0 aromatic carbocycles. The Hall–Kier alpha value is -4.21. The lowest BCUT2D eigenvalue weighted by Gasteiger charge is -2.09. The number of aryl methyl sites for hydroxylation is 1. The lowest BCUT2D eigenvalue weighted by molar-refractivity contribution is 0.0686. The van der Waals surface area contributed by atoms with Crippen LogP contribution in [0.25, 0.3) is 43.0 Å². The third-order valence-corrected chi connectivity index (χ3v) is 9.88. The van der Waals surface area contributed by atoms with E-state index in [0.29, 0.717) is 11.4 Å². The molecule has 0 aliphatic carbocycles. The quantitative estimate of drug-likeness (QED) is 0.222. The minimum Gasteiger partial charge on any atom is -0.478 e. The second-order valence-electron chi connectivity index (χ2n) is 9.34. The zero-order valence-corrected chi connectivity index (χ0v) is 23.6. The summed E-state index contributed by atoms with van der Waals surface area (Å²) < 4.78 is 0. The molecule has 0 saturated heterocycles. The third-order valence-electron chi connectivity index (χ3n) is 6.97. The van der Waals surface area contributed by atoms with Crippen LogP contribution in [0.5, 0.6) is 0 Å². The molecule has 7 nitrogen and oxygen atoms in total. The van der Waals surface area contributed by atoms with Gasteiger partial charge in [0.1, 0.15) is 0 Å². The van der Waals surface area contributed by atoms with Crippen LogP contribution in [0.4, 0.5) is 0 Å². The molecule has 0 amide bonds. The Morgan fingerprint density at radius 3 is 1.72 bits per heavy atom. The molecular weight excluding hydrogens is 530 g/mol. The van der Waals surface area contributed by atoms with Crippen molar-refractivity contribution in [2.24, 2.45) is 0 Å². The van der Waals surface area contributed by atoms with E-state index in [1.807, 2.05) is 23.5 Å². The third kappa shape index (κ3) is 4.86. The molecule has 0 unspecified atom stereocenters. The van der Waals surface area contributed by atoms with Crippen LogP contribution in [0.2, 0.25) is 0 Å². The maximum Gasteiger partial charge on any atom is 0.335 e.